The van der Waals surface area contributed by atoms with Gasteiger partial charge in [0, 0.05) is 5.41 Å². The van der Waals surface area contributed by atoms with Crippen LogP contribution in [0.3, 0.4) is 0 Å². The minimum atomic E-state index is -0.769. The molecule has 0 aliphatic carbocycles. The van der Waals surface area contributed by atoms with Crippen molar-refractivity contribution in [3.63, 3.8) is 0 Å². The van der Waals surface area contributed by atoms with Crippen LogP contribution in [0.4, 0.5) is 5.95 Å². The molecular weight excluding hydrogens is 202 g/mol. The number of rotatable bonds is 3. The highest BCUT2D eigenvalue weighted by atomic mass is 16.6. The standard InChI is InChI=1S/C8H11N3O4/c1-8(2,3)5(12)4-6-9-7(10-15-6)11(13)14/h4H2,1-3H3. The Bertz CT molecular complexity index is 391. The Morgan fingerprint density at radius 2 is 2.13 bits per heavy atom. The first-order valence-electron chi connectivity index (χ1n) is 4.31. The van der Waals surface area contributed by atoms with Crippen LogP contribution in [-0.2, 0) is 11.2 Å². The molecule has 1 aromatic heterocycles. The number of carbonyl (C=O) groups is 1. The maximum atomic E-state index is 11.5. The molecule has 0 saturated heterocycles. The Balaban J connectivity index is 2.74. The lowest BCUT2D eigenvalue weighted by Crippen LogP contribution is -2.22. The number of ketones is 1. The fraction of sp³-hybridized carbons (Fsp3) is 0.625. The molecule has 7 nitrogen and oxygen atoms in total. The predicted octanol–water partition coefficient (Wildman–Crippen LogP) is 1.14. The molecule has 0 bridgehead atoms. The summed E-state index contributed by atoms with van der Waals surface area (Å²) in [7, 11) is 0. The van der Waals surface area contributed by atoms with Gasteiger partial charge in [-0.3, -0.25) is 9.32 Å². The quantitative estimate of drug-likeness (QED) is 0.551. The highest BCUT2D eigenvalue weighted by Crippen LogP contribution is 2.17. The molecular formula is C8H11N3O4. The molecule has 0 aliphatic heterocycles. The predicted molar refractivity (Wildman–Crippen MR) is 49.1 cm³/mol. The van der Waals surface area contributed by atoms with Crippen LogP contribution in [0.5, 0.6) is 0 Å². The van der Waals surface area contributed by atoms with E-state index in [9.17, 15) is 14.9 Å². The van der Waals surface area contributed by atoms with Crippen molar-refractivity contribution in [2.75, 3.05) is 0 Å². The SMILES string of the molecule is CC(C)(C)C(=O)Cc1nc([N+](=O)[O-])no1. The topological polar surface area (TPSA) is 99.1 Å². The normalized spacial score (nSPS) is 11.4. The van der Waals surface area contributed by atoms with Gasteiger partial charge in [0.15, 0.2) is 0 Å². The van der Waals surface area contributed by atoms with Crippen LogP contribution in [0.25, 0.3) is 0 Å². The molecule has 1 rings (SSSR count). The number of nitro groups is 1. The van der Waals surface area contributed by atoms with Crippen molar-refractivity contribution in [2.45, 2.75) is 27.2 Å². The molecule has 0 aliphatic rings. The van der Waals surface area contributed by atoms with Crippen molar-refractivity contribution in [3.05, 3.63) is 16.0 Å². The van der Waals surface area contributed by atoms with Gasteiger partial charge in [0.2, 0.25) is 0 Å². The Hall–Kier alpha value is -1.79. The Morgan fingerprint density at radius 3 is 2.53 bits per heavy atom. The molecule has 0 unspecified atom stereocenters. The first-order chi connectivity index (χ1) is 6.80. The zero-order valence-electron chi connectivity index (χ0n) is 8.68. The van der Waals surface area contributed by atoms with E-state index in [0.717, 1.165) is 0 Å². The lowest BCUT2D eigenvalue weighted by atomic mass is 9.89. The van der Waals surface area contributed by atoms with E-state index in [2.05, 4.69) is 14.7 Å². The average molecular weight is 213 g/mol. The number of hydrogen-bond acceptors (Lipinski definition) is 6. The third-order valence-corrected chi connectivity index (χ3v) is 1.77. The van der Waals surface area contributed by atoms with Crippen molar-refractivity contribution in [1.29, 1.82) is 0 Å². The van der Waals surface area contributed by atoms with Crippen LogP contribution in [0, 0.1) is 15.5 Å². The molecule has 0 radical (unpaired) electrons. The Morgan fingerprint density at radius 1 is 1.53 bits per heavy atom. The van der Waals surface area contributed by atoms with E-state index in [1.165, 1.54) is 0 Å². The van der Waals surface area contributed by atoms with Crippen LogP contribution < -0.4 is 0 Å². The van der Waals surface area contributed by atoms with Crippen LogP contribution in [0.15, 0.2) is 4.52 Å². The average Bonchev–Trinajstić information content (AvgIpc) is 2.50. The van der Waals surface area contributed by atoms with Gasteiger partial charge in [-0.25, -0.2) is 0 Å². The molecule has 0 spiro atoms. The number of Topliss-reactive ketones (excluding diaryl/α,β-unsaturated/α-hetero) is 1. The fourth-order valence-electron chi connectivity index (χ4n) is 0.794. The zero-order valence-corrected chi connectivity index (χ0v) is 8.68. The molecule has 15 heavy (non-hydrogen) atoms. The van der Waals surface area contributed by atoms with E-state index in [0.29, 0.717) is 0 Å². The monoisotopic (exact) mass is 213 g/mol. The van der Waals surface area contributed by atoms with Gasteiger partial charge in [-0.05, 0) is 9.91 Å². The van der Waals surface area contributed by atoms with Gasteiger partial charge in [-0.15, -0.1) is 0 Å². The van der Waals surface area contributed by atoms with E-state index in [4.69, 9.17) is 0 Å². The van der Waals surface area contributed by atoms with E-state index < -0.39 is 16.3 Å². The second kappa shape index (κ2) is 3.76. The van der Waals surface area contributed by atoms with Gasteiger partial charge >= 0.3 is 11.8 Å². The highest BCUT2D eigenvalue weighted by molar-refractivity contribution is 5.84. The molecule has 82 valence electrons. The van der Waals surface area contributed by atoms with Crippen molar-refractivity contribution >= 4 is 11.7 Å². The second-order valence-electron chi connectivity index (χ2n) is 4.10. The van der Waals surface area contributed by atoms with Gasteiger partial charge < -0.3 is 10.1 Å². The van der Waals surface area contributed by atoms with Crippen LogP contribution in [0.1, 0.15) is 26.7 Å². The third kappa shape index (κ3) is 2.83. The first-order valence-corrected chi connectivity index (χ1v) is 4.31. The van der Waals surface area contributed by atoms with E-state index in [1.54, 1.807) is 20.8 Å². The molecule has 0 N–H and O–H groups in total. The Labute approximate surface area is 85.6 Å². The summed E-state index contributed by atoms with van der Waals surface area (Å²) in [5, 5.41) is 13.3. The van der Waals surface area contributed by atoms with Gasteiger partial charge in [0.25, 0.3) is 0 Å². The fourth-order valence-corrected chi connectivity index (χ4v) is 0.794. The van der Waals surface area contributed by atoms with Gasteiger partial charge in [0.1, 0.15) is 17.4 Å². The molecule has 0 atom stereocenters. The Kier molecular flexibility index (Phi) is 2.83. The van der Waals surface area contributed by atoms with E-state index >= 15 is 0 Å². The maximum absolute atomic E-state index is 11.5. The largest absolute Gasteiger partial charge is 0.510 e. The minimum absolute atomic E-state index is 0.0263. The van der Waals surface area contributed by atoms with Gasteiger partial charge in [0.05, 0.1) is 0 Å². The molecule has 0 fully saturated rings. The van der Waals surface area contributed by atoms with E-state index in [-0.39, 0.29) is 18.1 Å². The molecule has 1 aromatic rings. The summed E-state index contributed by atoms with van der Waals surface area (Å²) in [5.41, 5.74) is -0.525. The highest BCUT2D eigenvalue weighted by Gasteiger charge is 2.27. The summed E-state index contributed by atoms with van der Waals surface area (Å²) in [6.07, 6.45) is -0.0790. The summed E-state index contributed by atoms with van der Waals surface area (Å²) in [6, 6.07) is 0. The van der Waals surface area contributed by atoms with E-state index in [1.807, 2.05) is 0 Å². The first kappa shape index (κ1) is 11.3. The summed E-state index contributed by atoms with van der Waals surface area (Å²) < 4.78 is 4.57. The van der Waals surface area contributed by atoms with Gasteiger partial charge in [-0.1, -0.05) is 20.8 Å². The van der Waals surface area contributed by atoms with Crippen molar-refractivity contribution < 1.29 is 14.2 Å². The summed E-state index contributed by atoms with van der Waals surface area (Å²) in [6.45, 7) is 5.25. The molecule has 7 heteroatoms. The number of carbonyl (C=O) groups excluding carboxylic acids is 1. The summed E-state index contributed by atoms with van der Waals surface area (Å²) >= 11 is 0. The minimum Gasteiger partial charge on any atom is -0.390 e. The number of aromatic nitrogens is 2. The zero-order chi connectivity index (χ0) is 11.6. The van der Waals surface area contributed by atoms with Crippen molar-refractivity contribution in [3.8, 4) is 0 Å². The maximum Gasteiger partial charge on any atom is 0.510 e. The number of hydrogen-bond donors (Lipinski definition) is 0. The summed E-state index contributed by atoms with van der Waals surface area (Å²) in [5.74, 6) is -0.755. The third-order valence-electron chi connectivity index (χ3n) is 1.77. The van der Waals surface area contributed by atoms with Crippen LogP contribution >= 0.6 is 0 Å². The molecule has 0 saturated carbocycles. The molecule has 1 heterocycles. The molecule has 0 amide bonds. The lowest BCUT2D eigenvalue weighted by Gasteiger charge is -2.13. The number of nitrogens with zero attached hydrogens (tertiary/aromatic N) is 3. The summed E-state index contributed by atoms with van der Waals surface area (Å²) in [4.78, 5) is 24.4. The van der Waals surface area contributed by atoms with Gasteiger partial charge in [-0.2, -0.15) is 0 Å². The van der Waals surface area contributed by atoms with Crippen molar-refractivity contribution in [1.82, 2.24) is 10.1 Å². The van der Waals surface area contributed by atoms with Crippen LogP contribution in [-0.4, -0.2) is 20.8 Å². The molecule has 0 aromatic carbocycles. The van der Waals surface area contributed by atoms with Crippen LogP contribution in [0.2, 0.25) is 0 Å². The smallest absolute Gasteiger partial charge is 0.390 e. The second-order valence-corrected chi connectivity index (χ2v) is 4.10. The van der Waals surface area contributed by atoms with Crippen molar-refractivity contribution in [2.24, 2.45) is 5.41 Å². The lowest BCUT2D eigenvalue weighted by molar-refractivity contribution is -0.395.